The Labute approximate surface area is 123 Å². The summed E-state index contributed by atoms with van der Waals surface area (Å²) in [5.41, 5.74) is 9.13. The fraction of sp³-hybridized carbons (Fsp3) is 0.0588. The number of nitrogen functional groups attached to an aromatic ring is 1. The molecule has 0 saturated heterocycles. The first-order valence-electron chi connectivity index (χ1n) is 6.73. The van der Waals surface area contributed by atoms with E-state index < -0.39 is 0 Å². The van der Waals surface area contributed by atoms with Crippen molar-refractivity contribution in [3.05, 3.63) is 72.3 Å². The van der Waals surface area contributed by atoms with Crippen LogP contribution in [0.3, 0.4) is 0 Å². The summed E-state index contributed by atoms with van der Waals surface area (Å²) in [6.45, 7) is 4.35. The van der Waals surface area contributed by atoms with Crippen LogP contribution in [0.25, 0.3) is 17.5 Å². The zero-order valence-corrected chi connectivity index (χ0v) is 11.6. The lowest BCUT2D eigenvalue weighted by molar-refractivity contribution is 0.698. The lowest BCUT2D eigenvalue weighted by atomic mass is 10.1. The summed E-state index contributed by atoms with van der Waals surface area (Å²) in [6, 6.07) is 17.9. The van der Waals surface area contributed by atoms with Crippen LogP contribution in [0, 0.1) is 0 Å². The van der Waals surface area contributed by atoms with Crippen LogP contribution in [0.1, 0.15) is 11.1 Å². The molecular weight excluding hydrogens is 260 g/mol. The summed E-state index contributed by atoms with van der Waals surface area (Å²) in [5, 5.41) is 4.48. The summed E-state index contributed by atoms with van der Waals surface area (Å²) in [7, 11) is 0. The van der Waals surface area contributed by atoms with Crippen LogP contribution in [-0.2, 0) is 6.54 Å². The lowest BCUT2D eigenvalue weighted by Crippen LogP contribution is -2.06. The van der Waals surface area contributed by atoms with Crippen LogP contribution in [-0.4, -0.2) is 14.8 Å². The molecule has 0 radical (unpaired) electrons. The van der Waals surface area contributed by atoms with E-state index in [-0.39, 0.29) is 0 Å². The second kappa shape index (κ2) is 5.63. The highest BCUT2D eigenvalue weighted by Gasteiger charge is 2.09. The Morgan fingerprint density at radius 2 is 1.76 bits per heavy atom. The van der Waals surface area contributed by atoms with Gasteiger partial charge in [-0.2, -0.15) is 4.98 Å². The standard InChI is InChI=1S/C17H16N4/c1-2-13-8-10-14(11-9-13)12-21-17(18)19-16(20-21)15-6-4-3-5-7-15/h2-11H,1,12H2,(H2,18,19,20). The van der Waals surface area contributed by atoms with Crippen molar-refractivity contribution in [3.63, 3.8) is 0 Å². The average molecular weight is 276 g/mol. The van der Waals surface area contributed by atoms with Gasteiger partial charge in [0, 0.05) is 5.56 Å². The number of rotatable bonds is 4. The van der Waals surface area contributed by atoms with Gasteiger partial charge < -0.3 is 5.73 Å². The molecule has 0 aliphatic carbocycles. The second-order valence-electron chi connectivity index (χ2n) is 4.76. The largest absolute Gasteiger partial charge is 0.368 e. The Morgan fingerprint density at radius 3 is 2.43 bits per heavy atom. The van der Waals surface area contributed by atoms with E-state index in [9.17, 15) is 0 Å². The van der Waals surface area contributed by atoms with E-state index in [1.807, 2.05) is 60.7 Å². The van der Waals surface area contributed by atoms with Crippen LogP contribution in [0.4, 0.5) is 5.95 Å². The Kier molecular flexibility index (Phi) is 3.51. The third-order valence-electron chi connectivity index (χ3n) is 3.28. The van der Waals surface area contributed by atoms with Crippen molar-refractivity contribution < 1.29 is 0 Å². The van der Waals surface area contributed by atoms with Crippen LogP contribution in [0.2, 0.25) is 0 Å². The van der Waals surface area contributed by atoms with Gasteiger partial charge in [-0.25, -0.2) is 4.68 Å². The predicted molar refractivity (Wildman–Crippen MR) is 85.5 cm³/mol. The first kappa shape index (κ1) is 13.1. The molecule has 0 spiro atoms. The Morgan fingerprint density at radius 1 is 1.05 bits per heavy atom. The summed E-state index contributed by atoms with van der Waals surface area (Å²) in [5.74, 6) is 1.07. The maximum absolute atomic E-state index is 5.96. The van der Waals surface area contributed by atoms with Crippen molar-refractivity contribution in [2.75, 3.05) is 5.73 Å². The average Bonchev–Trinajstić information content (AvgIpc) is 2.90. The molecule has 0 fully saturated rings. The van der Waals surface area contributed by atoms with E-state index in [0.29, 0.717) is 18.3 Å². The maximum Gasteiger partial charge on any atom is 0.219 e. The zero-order chi connectivity index (χ0) is 14.7. The molecule has 0 saturated carbocycles. The molecule has 2 aromatic carbocycles. The quantitative estimate of drug-likeness (QED) is 0.796. The van der Waals surface area contributed by atoms with Gasteiger partial charge in [0.1, 0.15) is 0 Å². The summed E-state index contributed by atoms with van der Waals surface area (Å²) in [6.07, 6.45) is 1.82. The number of anilines is 1. The molecule has 0 bridgehead atoms. The molecule has 1 heterocycles. The van der Waals surface area contributed by atoms with Gasteiger partial charge >= 0.3 is 0 Å². The van der Waals surface area contributed by atoms with Crippen molar-refractivity contribution in [1.29, 1.82) is 0 Å². The first-order valence-corrected chi connectivity index (χ1v) is 6.73. The highest BCUT2D eigenvalue weighted by molar-refractivity contribution is 5.55. The van der Waals surface area contributed by atoms with E-state index in [1.54, 1.807) is 4.68 Å². The monoisotopic (exact) mass is 276 g/mol. The number of hydrogen-bond donors (Lipinski definition) is 1. The first-order chi connectivity index (χ1) is 10.3. The number of hydrogen-bond acceptors (Lipinski definition) is 3. The molecule has 0 atom stereocenters. The summed E-state index contributed by atoms with van der Waals surface area (Å²) >= 11 is 0. The van der Waals surface area contributed by atoms with Crippen molar-refractivity contribution in [2.24, 2.45) is 0 Å². The maximum atomic E-state index is 5.96. The van der Waals surface area contributed by atoms with Gasteiger partial charge in [0.25, 0.3) is 0 Å². The van der Waals surface area contributed by atoms with E-state index in [1.165, 1.54) is 0 Å². The molecule has 0 aliphatic heterocycles. The highest BCUT2D eigenvalue weighted by Crippen LogP contribution is 2.17. The third kappa shape index (κ3) is 2.84. The second-order valence-corrected chi connectivity index (χ2v) is 4.76. The molecule has 3 aromatic rings. The topological polar surface area (TPSA) is 56.7 Å². The lowest BCUT2D eigenvalue weighted by Gasteiger charge is -2.03. The molecule has 3 rings (SSSR count). The van der Waals surface area contributed by atoms with E-state index in [2.05, 4.69) is 16.7 Å². The molecule has 0 unspecified atom stereocenters. The van der Waals surface area contributed by atoms with Crippen molar-refractivity contribution >= 4 is 12.0 Å². The Bertz CT molecular complexity index is 742. The van der Waals surface area contributed by atoms with E-state index in [4.69, 9.17) is 5.73 Å². The van der Waals surface area contributed by atoms with Crippen LogP contribution in [0.15, 0.2) is 61.2 Å². The molecule has 1 aromatic heterocycles. The molecule has 0 aliphatic rings. The molecule has 4 heteroatoms. The number of aromatic nitrogens is 3. The number of nitrogens with two attached hydrogens (primary N) is 1. The highest BCUT2D eigenvalue weighted by atomic mass is 15.4. The third-order valence-corrected chi connectivity index (χ3v) is 3.28. The number of nitrogens with zero attached hydrogens (tertiary/aromatic N) is 3. The predicted octanol–water partition coefficient (Wildman–Crippen LogP) is 3.22. The Balaban J connectivity index is 1.86. The van der Waals surface area contributed by atoms with Crippen molar-refractivity contribution in [1.82, 2.24) is 14.8 Å². The number of benzene rings is 2. The van der Waals surface area contributed by atoms with Crippen LogP contribution in [0.5, 0.6) is 0 Å². The molecule has 0 amide bonds. The van der Waals surface area contributed by atoms with Gasteiger partial charge in [0.2, 0.25) is 5.95 Å². The van der Waals surface area contributed by atoms with Crippen molar-refractivity contribution in [2.45, 2.75) is 6.54 Å². The van der Waals surface area contributed by atoms with Gasteiger partial charge in [-0.05, 0) is 11.1 Å². The van der Waals surface area contributed by atoms with Crippen LogP contribution < -0.4 is 5.73 Å². The normalized spacial score (nSPS) is 10.5. The van der Waals surface area contributed by atoms with Gasteiger partial charge in [-0.1, -0.05) is 67.3 Å². The smallest absolute Gasteiger partial charge is 0.219 e. The minimum atomic E-state index is 0.418. The fourth-order valence-corrected chi connectivity index (χ4v) is 2.11. The van der Waals surface area contributed by atoms with Gasteiger partial charge in [-0.15, -0.1) is 5.10 Å². The zero-order valence-electron chi connectivity index (χ0n) is 11.6. The fourth-order valence-electron chi connectivity index (χ4n) is 2.11. The van der Waals surface area contributed by atoms with Gasteiger partial charge in [0.15, 0.2) is 5.82 Å². The van der Waals surface area contributed by atoms with E-state index >= 15 is 0 Å². The van der Waals surface area contributed by atoms with Crippen LogP contribution >= 0.6 is 0 Å². The van der Waals surface area contributed by atoms with E-state index in [0.717, 1.165) is 16.7 Å². The molecular formula is C17H16N4. The minimum Gasteiger partial charge on any atom is -0.368 e. The minimum absolute atomic E-state index is 0.418. The molecule has 104 valence electrons. The Hall–Kier alpha value is -2.88. The van der Waals surface area contributed by atoms with Crippen molar-refractivity contribution in [3.8, 4) is 11.4 Å². The molecule has 21 heavy (non-hydrogen) atoms. The molecule has 2 N–H and O–H groups in total. The van der Waals surface area contributed by atoms with Gasteiger partial charge in [-0.3, -0.25) is 0 Å². The van der Waals surface area contributed by atoms with Gasteiger partial charge in [0.05, 0.1) is 6.54 Å². The summed E-state index contributed by atoms with van der Waals surface area (Å²) in [4.78, 5) is 4.32. The SMILES string of the molecule is C=Cc1ccc(Cn2nc(-c3ccccc3)nc2N)cc1. The molecule has 4 nitrogen and oxygen atoms in total. The summed E-state index contributed by atoms with van der Waals surface area (Å²) < 4.78 is 1.71.